The van der Waals surface area contributed by atoms with E-state index < -0.39 is 0 Å². The minimum atomic E-state index is 0.881. The number of hydrogen-bond acceptors (Lipinski definition) is 3. The normalized spacial score (nSPS) is 13.2. The van der Waals surface area contributed by atoms with E-state index in [1.807, 2.05) is 17.4 Å². The van der Waals surface area contributed by atoms with Gasteiger partial charge >= 0.3 is 0 Å². The van der Waals surface area contributed by atoms with Crippen LogP contribution in [0.1, 0.15) is 5.56 Å². The van der Waals surface area contributed by atoms with Gasteiger partial charge in [-0.3, -0.25) is 0 Å². The summed E-state index contributed by atoms with van der Waals surface area (Å²) in [5.41, 5.74) is 10.7. The maximum absolute atomic E-state index is 6.34. The van der Waals surface area contributed by atoms with Gasteiger partial charge in [0.15, 0.2) is 18.8 Å². The number of aryl methyl sites for hydroxylation is 1. The maximum Gasteiger partial charge on any atom is 0.198 e. The summed E-state index contributed by atoms with van der Waals surface area (Å²) in [6.45, 7) is 2.19. The summed E-state index contributed by atoms with van der Waals surface area (Å²) < 4.78 is 7.66. The van der Waals surface area contributed by atoms with Crippen molar-refractivity contribution in [2.45, 2.75) is 6.92 Å². The van der Waals surface area contributed by atoms with Gasteiger partial charge in [0.1, 0.15) is 4.83 Å². The average molecular weight is 503 g/mol. The van der Waals surface area contributed by atoms with Crippen LogP contribution in [0.2, 0.25) is 0 Å². The molecule has 5 heteroatoms. The first-order valence-electron chi connectivity index (χ1n) is 12.9. The number of aromatic amines is 1. The molecule has 38 heavy (non-hydrogen) atoms. The van der Waals surface area contributed by atoms with Gasteiger partial charge in [-0.2, -0.15) is 0 Å². The van der Waals surface area contributed by atoms with Crippen molar-refractivity contribution >= 4 is 77.8 Å². The molecule has 0 atom stereocenters. The van der Waals surface area contributed by atoms with Gasteiger partial charge < -0.3 is 14.6 Å². The molecule has 2 aliphatic heterocycles. The number of hydrogen-bond donors (Lipinski definition) is 1. The van der Waals surface area contributed by atoms with Crippen molar-refractivity contribution in [2.75, 3.05) is 4.90 Å². The molecule has 0 fully saturated rings. The number of aromatic nitrogens is 1. The third-order valence-electron chi connectivity index (χ3n) is 7.88. The summed E-state index contributed by atoms with van der Waals surface area (Å²) in [6.07, 6.45) is 0. The fraction of sp³-hybridized carbons (Fsp3) is 0.0303. The summed E-state index contributed by atoms with van der Waals surface area (Å²) >= 11 is 1.83. The Labute approximate surface area is 224 Å². The first-order chi connectivity index (χ1) is 18.7. The van der Waals surface area contributed by atoms with Crippen molar-refractivity contribution < 1.29 is 4.74 Å². The van der Waals surface area contributed by atoms with Crippen molar-refractivity contribution in [1.82, 2.24) is 4.98 Å². The number of H-pyrrole nitrogens is 1. The highest BCUT2D eigenvalue weighted by molar-refractivity contribution is 7.25. The van der Waals surface area contributed by atoms with E-state index in [4.69, 9.17) is 4.74 Å². The lowest BCUT2D eigenvalue weighted by Gasteiger charge is -2.39. The number of rotatable bonds is 1. The minimum Gasteiger partial charge on any atom is -0.453 e. The van der Waals surface area contributed by atoms with Gasteiger partial charge in [-0.1, -0.05) is 72.2 Å². The first-order valence-corrected chi connectivity index (χ1v) is 13.7. The Morgan fingerprint density at radius 3 is 2.55 bits per heavy atom. The third kappa shape index (κ3) is 2.64. The van der Waals surface area contributed by atoms with Crippen molar-refractivity contribution in [3.63, 3.8) is 0 Å². The Morgan fingerprint density at radius 1 is 0.763 bits per heavy atom. The fourth-order valence-corrected chi connectivity index (χ4v) is 7.44. The van der Waals surface area contributed by atoms with Crippen LogP contribution in [0.5, 0.6) is 11.5 Å². The maximum atomic E-state index is 6.34. The van der Waals surface area contributed by atoms with Crippen molar-refractivity contribution in [3.05, 3.63) is 103 Å². The predicted molar refractivity (Wildman–Crippen MR) is 161 cm³/mol. The zero-order valence-corrected chi connectivity index (χ0v) is 21.4. The largest absolute Gasteiger partial charge is 0.453 e. The van der Waals surface area contributed by atoms with Crippen LogP contribution >= 0.6 is 11.3 Å². The number of para-hydroxylation sites is 4. The van der Waals surface area contributed by atoms with E-state index >= 15 is 0 Å². The quantitative estimate of drug-likeness (QED) is 0.230. The van der Waals surface area contributed by atoms with Crippen LogP contribution in [0.25, 0.3) is 42.3 Å². The van der Waals surface area contributed by atoms with Crippen molar-refractivity contribution in [3.8, 4) is 22.6 Å². The van der Waals surface area contributed by atoms with Crippen molar-refractivity contribution in [1.29, 1.82) is 0 Å². The average Bonchev–Trinajstić information content (AvgIpc) is 3.49. The topological polar surface area (TPSA) is 28.3 Å². The van der Waals surface area contributed by atoms with Gasteiger partial charge in [0, 0.05) is 32.1 Å². The van der Waals surface area contributed by atoms with Crippen LogP contribution < -0.4 is 20.6 Å². The number of benzene rings is 5. The SMILES string of the molecule is Cc1cc(-c2cccc3c2[nH]c2sc4ccccc4c23)c2c(c1)N1c3ccccc3Oc3cccc(c31)[B]2. The lowest BCUT2D eigenvalue weighted by molar-refractivity contribution is 0.477. The molecule has 0 saturated heterocycles. The number of anilines is 3. The molecular weight excluding hydrogens is 483 g/mol. The highest BCUT2D eigenvalue weighted by Gasteiger charge is 2.34. The van der Waals surface area contributed by atoms with E-state index in [1.165, 1.54) is 64.5 Å². The number of thiophene rings is 1. The van der Waals surface area contributed by atoms with Crippen LogP contribution in [0, 0.1) is 6.92 Å². The molecule has 5 aromatic carbocycles. The molecular formula is C33H20BN2OS. The molecule has 0 unspecified atom stereocenters. The molecule has 2 aromatic heterocycles. The van der Waals surface area contributed by atoms with Gasteiger partial charge in [-0.05, 0) is 53.8 Å². The third-order valence-corrected chi connectivity index (χ3v) is 8.97. The predicted octanol–water partition coefficient (Wildman–Crippen LogP) is 8.06. The van der Waals surface area contributed by atoms with Crippen LogP contribution in [-0.2, 0) is 0 Å². The number of nitrogens with one attached hydrogen (secondary N) is 1. The second-order valence-electron chi connectivity index (χ2n) is 10.1. The summed E-state index contributed by atoms with van der Waals surface area (Å²) in [7, 11) is 2.33. The Hall–Kier alpha value is -4.48. The standard InChI is InChI=1S/C33H20BN2OS/c1-18-16-22(19-9-6-10-21-29-20-8-2-5-15-28(20)38-33(29)35-31(19)21)30-25(17-18)36-24-12-3-4-13-26(24)37-27-14-7-11-23(34-30)32(27)36/h2-17,35H,1H3. The molecule has 0 bridgehead atoms. The van der Waals surface area contributed by atoms with Gasteiger partial charge in [-0.25, -0.2) is 0 Å². The monoisotopic (exact) mass is 503 g/mol. The van der Waals surface area contributed by atoms with Crippen LogP contribution in [0.15, 0.2) is 97.1 Å². The van der Waals surface area contributed by atoms with E-state index in [1.54, 1.807) is 0 Å². The Balaban J connectivity index is 1.34. The molecule has 3 nitrogen and oxygen atoms in total. The second kappa shape index (κ2) is 7.30. The fourth-order valence-electron chi connectivity index (χ4n) is 6.32. The molecule has 1 N–H and O–H groups in total. The van der Waals surface area contributed by atoms with E-state index in [-0.39, 0.29) is 0 Å². The van der Waals surface area contributed by atoms with E-state index in [9.17, 15) is 0 Å². The molecule has 9 rings (SSSR count). The van der Waals surface area contributed by atoms with Gasteiger partial charge in [-0.15, -0.1) is 11.3 Å². The molecule has 0 spiro atoms. The van der Waals surface area contributed by atoms with E-state index in [2.05, 4.69) is 115 Å². The molecule has 177 valence electrons. The molecule has 4 heterocycles. The molecule has 0 aliphatic carbocycles. The molecule has 2 aliphatic rings. The summed E-state index contributed by atoms with van der Waals surface area (Å²) in [6, 6.07) is 34.7. The molecule has 7 aromatic rings. The molecule has 0 amide bonds. The van der Waals surface area contributed by atoms with Gasteiger partial charge in [0.05, 0.1) is 16.9 Å². The Bertz CT molecular complexity index is 2120. The molecule has 1 radical (unpaired) electrons. The zero-order valence-electron chi connectivity index (χ0n) is 20.6. The highest BCUT2D eigenvalue weighted by atomic mass is 32.1. The van der Waals surface area contributed by atoms with E-state index in [0.717, 1.165) is 22.9 Å². The van der Waals surface area contributed by atoms with E-state index in [0.29, 0.717) is 0 Å². The number of nitrogens with zero attached hydrogens (tertiary/aromatic N) is 1. The van der Waals surface area contributed by atoms with Crippen LogP contribution in [0.4, 0.5) is 17.1 Å². The lowest BCUT2D eigenvalue weighted by atomic mass is 9.58. The van der Waals surface area contributed by atoms with Crippen LogP contribution in [-0.4, -0.2) is 12.3 Å². The number of ether oxygens (including phenoxy) is 1. The Morgan fingerprint density at radius 2 is 1.58 bits per heavy atom. The summed E-state index contributed by atoms with van der Waals surface area (Å²) in [5, 5.41) is 3.92. The zero-order chi connectivity index (χ0) is 25.0. The highest BCUT2D eigenvalue weighted by Crippen LogP contribution is 2.51. The first kappa shape index (κ1) is 20.6. The van der Waals surface area contributed by atoms with Gasteiger partial charge in [0.2, 0.25) is 0 Å². The second-order valence-corrected chi connectivity index (χ2v) is 11.2. The van der Waals surface area contributed by atoms with Crippen molar-refractivity contribution in [2.24, 2.45) is 0 Å². The summed E-state index contributed by atoms with van der Waals surface area (Å²) in [5.74, 6) is 1.77. The van der Waals surface area contributed by atoms with Gasteiger partial charge in [0.25, 0.3) is 0 Å². The molecule has 0 saturated carbocycles. The minimum absolute atomic E-state index is 0.881. The Kier molecular flexibility index (Phi) is 3.95. The van der Waals surface area contributed by atoms with Crippen LogP contribution in [0.3, 0.4) is 0 Å². The number of fused-ring (bicyclic) bond motifs is 9. The lowest BCUT2D eigenvalue weighted by Crippen LogP contribution is -2.42. The summed E-state index contributed by atoms with van der Waals surface area (Å²) in [4.78, 5) is 7.43. The smallest absolute Gasteiger partial charge is 0.198 e.